The minimum absolute atomic E-state index is 0.213. The first-order chi connectivity index (χ1) is 4.31. The molecule has 0 aliphatic carbocycles. The Hall–Kier alpha value is -0.300. The van der Waals surface area contributed by atoms with Crippen LogP contribution in [0.3, 0.4) is 0 Å². The molecule has 0 aromatic rings. The third kappa shape index (κ3) is 5.57. The van der Waals surface area contributed by atoms with Crippen LogP contribution >= 0.6 is 0 Å². The fourth-order valence-electron chi connectivity index (χ4n) is 0.732. The molecule has 0 radical (unpaired) electrons. The van der Waals surface area contributed by atoms with Gasteiger partial charge < -0.3 is 5.11 Å². The van der Waals surface area contributed by atoms with Gasteiger partial charge in [0.25, 0.3) is 0 Å². The monoisotopic (exact) mass is 128 g/mol. The van der Waals surface area contributed by atoms with Crippen molar-refractivity contribution < 1.29 is 5.11 Å². The number of aliphatic hydroxyl groups is 1. The Bertz CT molecular complexity index is 76.6. The first kappa shape index (κ1) is 8.70. The predicted octanol–water partition coefficient (Wildman–Crippen LogP) is 2.11. The van der Waals surface area contributed by atoms with Gasteiger partial charge in [0.05, 0.1) is 6.10 Å². The molecule has 0 aliphatic heterocycles. The second kappa shape index (κ2) is 5.83. The van der Waals surface area contributed by atoms with E-state index in [1.165, 1.54) is 0 Å². The Morgan fingerprint density at radius 3 is 2.67 bits per heavy atom. The minimum Gasteiger partial charge on any atom is -0.389 e. The number of hydrogen-bond acceptors (Lipinski definition) is 1. The van der Waals surface area contributed by atoms with E-state index in [4.69, 9.17) is 5.11 Å². The quantitative estimate of drug-likeness (QED) is 0.575. The Morgan fingerprint density at radius 2 is 2.22 bits per heavy atom. The molecule has 0 spiro atoms. The summed E-state index contributed by atoms with van der Waals surface area (Å²) >= 11 is 0. The average Bonchev–Trinajstić information content (AvgIpc) is 1.85. The van der Waals surface area contributed by atoms with Crippen LogP contribution < -0.4 is 0 Å². The summed E-state index contributed by atoms with van der Waals surface area (Å²) in [6, 6.07) is 0. The largest absolute Gasteiger partial charge is 0.389 e. The molecule has 1 heteroatoms. The summed E-state index contributed by atoms with van der Waals surface area (Å²) in [4.78, 5) is 0. The van der Waals surface area contributed by atoms with Crippen molar-refractivity contribution in [3.05, 3.63) is 12.2 Å². The van der Waals surface area contributed by atoms with Crippen LogP contribution in [0.15, 0.2) is 12.2 Å². The standard InChI is InChI=1S/C8H16O/c1-3-5-7-8(9)6-4-2/h4,6,8-9H,3,5,7H2,1-2H3/b6-4-/t8-/m1/s1. The van der Waals surface area contributed by atoms with Crippen LogP contribution in [-0.4, -0.2) is 11.2 Å². The smallest absolute Gasteiger partial charge is 0.0720 e. The summed E-state index contributed by atoms with van der Waals surface area (Å²) < 4.78 is 0. The molecule has 0 fully saturated rings. The van der Waals surface area contributed by atoms with Crippen molar-refractivity contribution >= 4 is 0 Å². The van der Waals surface area contributed by atoms with Crippen molar-refractivity contribution in [1.82, 2.24) is 0 Å². The molecule has 0 saturated carbocycles. The van der Waals surface area contributed by atoms with Crippen molar-refractivity contribution in [2.75, 3.05) is 0 Å². The lowest BCUT2D eigenvalue weighted by atomic mass is 10.1. The van der Waals surface area contributed by atoms with Crippen molar-refractivity contribution in [2.24, 2.45) is 0 Å². The maximum Gasteiger partial charge on any atom is 0.0720 e. The Labute approximate surface area is 57.4 Å². The van der Waals surface area contributed by atoms with Gasteiger partial charge in [0.15, 0.2) is 0 Å². The highest BCUT2D eigenvalue weighted by atomic mass is 16.3. The first-order valence-corrected chi connectivity index (χ1v) is 3.62. The fourth-order valence-corrected chi connectivity index (χ4v) is 0.732. The molecule has 0 saturated heterocycles. The molecule has 0 amide bonds. The molecule has 1 atom stereocenters. The fraction of sp³-hybridized carbons (Fsp3) is 0.750. The van der Waals surface area contributed by atoms with E-state index in [-0.39, 0.29) is 6.10 Å². The van der Waals surface area contributed by atoms with Crippen LogP contribution in [0.2, 0.25) is 0 Å². The predicted molar refractivity (Wildman–Crippen MR) is 40.3 cm³/mol. The van der Waals surface area contributed by atoms with Gasteiger partial charge in [-0.3, -0.25) is 0 Å². The SMILES string of the molecule is C/C=C\[C@@H](O)CCCC. The summed E-state index contributed by atoms with van der Waals surface area (Å²) in [5.41, 5.74) is 0. The van der Waals surface area contributed by atoms with E-state index in [2.05, 4.69) is 6.92 Å². The Balaban J connectivity index is 3.15. The highest BCUT2D eigenvalue weighted by molar-refractivity contribution is 4.84. The summed E-state index contributed by atoms with van der Waals surface area (Å²) in [5, 5.41) is 9.09. The van der Waals surface area contributed by atoms with Gasteiger partial charge in [-0.15, -0.1) is 0 Å². The highest BCUT2D eigenvalue weighted by Gasteiger charge is 1.94. The van der Waals surface area contributed by atoms with E-state index in [9.17, 15) is 0 Å². The van der Waals surface area contributed by atoms with Crippen molar-refractivity contribution in [2.45, 2.75) is 39.2 Å². The summed E-state index contributed by atoms with van der Waals surface area (Å²) in [6.07, 6.45) is 6.69. The third-order valence-electron chi connectivity index (χ3n) is 1.27. The molecule has 1 nitrogen and oxygen atoms in total. The second-order valence-electron chi connectivity index (χ2n) is 2.24. The van der Waals surface area contributed by atoms with E-state index in [0.29, 0.717) is 0 Å². The lowest BCUT2D eigenvalue weighted by Crippen LogP contribution is -2.00. The van der Waals surface area contributed by atoms with Gasteiger partial charge in [-0.05, 0) is 13.3 Å². The van der Waals surface area contributed by atoms with Crippen molar-refractivity contribution in [3.63, 3.8) is 0 Å². The zero-order valence-electron chi connectivity index (χ0n) is 6.30. The van der Waals surface area contributed by atoms with E-state index in [1.807, 2.05) is 19.1 Å². The first-order valence-electron chi connectivity index (χ1n) is 3.62. The zero-order chi connectivity index (χ0) is 7.11. The average molecular weight is 128 g/mol. The number of rotatable bonds is 4. The van der Waals surface area contributed by atoms with Crippen LogP contribution in [-0.2, 0) is 0 Å². The highest BCUT2D eigenvalue weighted by Crippen LogP contribution is 2.00. The second-order valence-corrected chi connectivity index (χ2v) is 2.24. The van der Waals surface area contributed by atoms with Crippen LogP contribution in [0.5, 0.6) is 0 Å². The molecule has 0 aliphatic rings. The van der Waals surface area contributed by atoms with Crippen LogP contribution in [0.4, 0.5) is 0 Å². The number of allylic oxidation sites excluding steroid dienone is 1. The maximum absolute atomic E-state index is 9.09. The summed E-state index contributed by atoms with van der Waals surface area (Å²) in [5.74, 6) is 0. The molecule has 9 heavy (non-hydrogen) atoms. The summed E-state index contributed by atoms with van der Waals surface area (Å²) in [6.45, 7) is 4.05. The normalized spacial score (nSPS) is 14.6. The molecule has 0 aromatic heterocycles. The van der Waals surface area contributed by atoms with E-state index >= 15 is 0 Å². The lowest BCUT2D eigenvalue weighted by Gasteiger charge is -2.01. The number of aliphatic hydroxyl groups excluding tert-OH is 1. The van der Waals surface area contributed by atoms with Gasteiger partial charge in [0.2, 0.25) is 0 Å². The van der Waals surface area contributed by atoms with Gasteiger partial charge >= 0.3 is 0 Å². The van der Waals surface area contributed by atoms with E-state index < -0.39 is 0 Å². The zero-order valence-corrected chi connectivity index (χ0v) is 6.30. The lowest BCUT2D eigenvalue weighted by molar-refractivity contribution is 0.209. The molecular formula is C8H16O. The molecule has 0 bridgehead atoms. The minimum atomic E-state index is -0.213. The molecule has 0 rings (SSSR count). The topological polar surface area (TPSA) is 20.2 Å². The molecule has 54 valence electrons. The van der Waals surface area contributed by atoms with Gasteiger partial charge in [0.1, 0.15) is 0 Å². The van der Waals surface area contributed by atoms with Crippen LogP contribution in [0.25, 0.3) is 0 Å². The van der Waals surface area contributed by atoms with E-state index in [0.717, 1.165) is 19.3 Å². The molecule has 1 N–H and O–H groups in total. The van der Waals surface area contributed by atoms with Gasteiger partial charge in [-0.25, -0.2) is 0 Å². The molecule has 0 heterocycles. The van der Waals surface area contributed by atoms with Gasteiger partial charge in [-0.2, -0.15) is 0 Å². The maximum atomic E-state index is 9.09. The van der Waals surface area contributed by atoms with Gasteiger partial charge in [0, 0.05) is 0 Å². The van der Waals surface area contributed by atoms with Crippen molar-refractivity contribution in [3.8, 4) is 0 Å². The molecule has 0 unspecified atom stereocenters. The number of unbranched alkanes of at least 4 members (excludes halogenated alkanes) is 1. The van der Waals surface area contributed by atoms with Crippen LogP contribution in [0.1, 0.15) is 33.1 Å². The third-order valence-corrected chi connectivity index (χ3v) is 1.27. The van der Waals surface area contributed by atoms with Crippen LogP contribution in [0, 0.1) is 0 Å². The van der Waals surface area contributed by atoms with Gasteiger partial charge in [-0.1, -0.05) is 31.9 Å². The molecular weight excluding hydrogens is 112 g/mol. The van der Waals surface area contributed by atoms with Crippen molar-refractivity contribution in [1.29, 1.82) is 0 Å². The summed E-state index contributed by atoms with van der Waals surface area (Å²) in [7, 11) is 0. The van der Waals surface area contributed by atoms with E-state index in [1.54, 1.807) is 0 Å². The Kier molecular flexibility index (Phi) is 5.64. The number of hydrogen-bond donors (Lipinski definition) is 1. The molecule has 0 aromatic carbocycles. The Morgan fingerprint density at radius 1 is 1.56 bits per heavy atom.